The van der Waals surface area contributed by atoms with Crippen LogP contribution in [0.15, 0.2) is 120 Å². The highest BCUT2D eigenvalue weighted by Gasteiger charge is 2.31. The Kier molecular flexibility index (Phi) is 7.31. The van der Waals surface area contributed by atoms with Crippen LogP contribution in [0.2, 0.25) is 0 Å². The van der Waals surface area contributed by atoms with Crippen molar-refractivity contribution >= 4 is 29.3 Å². The van der Waals surface area contributed by atoms with Gasteiger partial charge in [0.25, 0.3) is 0 Å². The first-order valence-electron chi connectivity index (χ1n) is 10.6. The van der Waals surface area contributed by atoms with Crippen LogP contribution in [0.25, 0.3) is 11.1 Å². The van der Waals surface area contributed by atoms with Gasteiger partial charge in [-0.15, -0.1) is 12.4 Å². The van der Waals surface area contributed by atoms with Gasteiger partial charge in [0, 0.05) is 5.75 Å². The minimum Gasteiger partial charge on any atom is -0.356 e. The van der Waals surface area contributed by atoms with Crippen LogP contribution in [-0.4, -0.2) is 5.17 Å². The summed E-state index contributed by atoms with van der Waals surface area (Å²) < 4.78 is 0. The topological polar surface area (TPSA) is 24.4 Å². The number of hydrogen-bond acceptors (Lipinski definition) is 3. The molecule has 0 aromatic heterocycles. The number of benzene rings is 4. The Morgan fingerprint density at radius 1 is 0.625 bits per heavy atom. The molecular formula is C28H25ClN2S. The molecule has 4 aromatic carbocycles. The van der Waals surface area contributed by atoms with E-state index < -0.39 is 0 Å². The Morgan fingerprint density at radius 2 is 1.16 bits per heavy atom. The van der Waals surface area contributed by atoms with E-state index in [2.05, 4.69) is 121 Å². The van der Waals surface area contributed by atoms with Crippen molar-refractivity contribution in [3.63, 3.8) is 0 Å². The van der Waals surface area contributed by atoms with E-state index in [-0.39, 0.29) is 24.5 Å². The number of hydrogen-bond donors (Lipinski definition) is 1. The van der Waals surface area contributed by atoms with E-state index in [1.807, 2.05) is 0 Å². The second kappa shape index (κ2) is 10.5. The van der Waals surface area contributed by atoms with Gasteiger partial charge in [0.1, 0.15) is 6.04 Å². The summed E-state index contributed by atoms with van der Waals surface area (Å²) in [6.07, 6.45) is 0. The molecule has 1 heterocycles. The smallest absolute Gasteiger partial charge is 0.158 e. The normalized spacial score (nSPS) is 17.2. The first-order chi connectivity index (χ1) is 15.4. The predicted molar refractivity (Wildman–Crippen MR) is 139 cm³/mol. The van der Waals surface area contributed by atoms with Gasteiger partial charge in [-0.1, -0.05) is 127 Å². The summed E-state index contributed by atoms with van der Waals surface area (Å²) in [6.45, 7) is 0. The van der Waals surface area contributed by atoms with E-state index in [1.165, 1.54) is 27.8 Å². The van der Waals surface area contributed by atoms with Gasteiger partial charge in [0.15, 0.2) is 5.17 Å². The third-order valence-electron chi connectivity index (χ3n) is 5.59. The molecule has 0 saturated carbocycles. The number of nitrogens with one attached hydrogen (secondary N) is 1. The molecule has 0 unspecified atom stereocenters. The number of thioether (sulfide) groups is 1. The van der Waals surface area contributed by atoms with Crippen LogP contribution in [-0.2, 0) is 5.75 Å². The van der Waals surface area contributed by atoms with Crippen LogP contribution in [0.5, 0.6) is 0 Å². The molecule has 0 spiro atoms. The molecule has 1 aliphatic heterocycles. The van der Waals surface area contributed by atoms with E-state index in [0.29, 0.717) is 0 Å². The van der Waals surface area contributed by atoms with Crippen LogP contribution >= 0.6 is 24.2 Å². The summed E-state index contributed by atoms with van der Waals surface area (Å²) in [7, 11) is 0. The molecule has 32 heavy (non-hydrogen) atoms. The lowest BCUT2D eigenvalue weighted by molar-refractivity contribution is 0.573. The highest BCUT2D eigenvalue weighted by Crippen LogP contribution is 2.38. The summed E-state index contributed by atoms with van der Waals surface area (Å²) >= 11 is 1.77. The zero-order chi connectivity index (χ0) is 20.9. The third kappa shape index (κ3) is 5.07. The van der Waals surface area contributed by atoms with Gasteiger partial charge < -0.3 is 5.32 Å². The molecular weight excluding hydrogens is 432 g/mol. The Balaban J connectivity index is 0.00000245. The van der Waals surface area contributed by atoms with Gasteiger partial charge in [0.05, 0.1) is 6.04 Å². The lowest BCUT2D eigenvalue weighted by Gasteiger charge is -2.19. The Labute approximate surface area is 200 Å². The maximum atomic E-state index is 5.06. The maximum Gasteiger partial charge on any atom is 0.158 e. The number of nitrogens with zero attached hydrogens (tertiary/aromatic N) is 1. The van der Waals surface area contributed by atoms with Crippen molar-refractivity contribution in [2.45, 2.75) is 17.8 Å². The van der Waals surface area contributed by atoms with Crippen molar-refractivity contribution in [1.29, 1.82) is 0 Å². The van der Waals surface area contributed by atoms with Crippen molar-refractivity contribution in [1.82, 2.24) is 5.32 Å². The molecule has 0 fully saturated rings. The van der Waals surface area contributed by atoms with Crippen LogP contribution in [0.4, 0.5) is 0 Å². The fourth-order valence-electron chi connectivity index (χ4n) is 3.95. The van der Waals surface area contributed by atoms with Crippen LogP contribution in [0.3, 0.4) is 0 Å². The number of rotatable bonds is 5. The van der Waals surface area contributed by atoms with Crippen LogP contribution < -0.4 is 5.32 Å². The minimum atomic E-state index is 0. The zero-order valence-electron chi connectivity index (χ0n) is 17.6. The van der Waals surface area contributed by atoms with Crippen LogP contribution in [0, 0.1) is 0 Å². The fraction of sp³-hybridized carbons (Fsp3) is 0.107. The Morgan fingerprint density at radius 3 is 1.78 bits per heavy atom. The SMILES string of the molecule is Cl.c1ccc(-c2ccc(CSC3=N[C@H](c4ccccc4)[C@H](c4ccccc4)N3)cc2)cc1. The maximum absolute atomic E-state index is 5.06. The minimum absolute atomic E-state index is 0. The molecule has 2 atom stereocenters. The summed E-state index contributed by atoms with van der Waals surface area (Å²) in [6, 6.07) is 40.8. The summed E-state index contributed by atoms with van der Waals surface area (Å²) in [5.74, 6) is 0.893. The Bertz CT molecular complexity index is 1150. The van der Waals surface area contributed by atoms with Crippen molar-refractivity contribution < 1.29 is 0 Å². The van der Waals surface area contributed by atoms with Gasteiger partial charge in [-0.3, -0.25) is 4.99 Å². The van der Waals surface area contributed by atoms with E-state index in [9.17, 15) is 0 Å². The van der Waals surface area contributed by atoms with Crippen molar-refractivity contribution in [3.05, 3.63) is 132 Å². The first-order valence-corrected chi connectivity index (χ1v) is 11.6. The molecule has 2 nitrogen and oxygen atoms in total. The standard InChI is InChI=1S/C28H24N2S.ClH/c1-4-10-22(11-5-1)23-18-16-21(17-19-23)20-31-28-29-26(24-12-6-2-7-13-24)27(30-28)25-14-8-3-9-15-25;/h1-19,26-27H,20H2,(H,29,30);1H/t26-,27+;. The molecule has 4 aromatic rings. The van der Waals surface area contributed by atoms with Gasteiger partial charge >= 0.3 is 0 Å². The monoisotopic (exact) mass is 456 g/mol. The van der Waals surface area contributed by atoms with E-state index in [0.717, 1.165) is 10.9 Å². The molecule has 5 rings (SSSR count). The van der Waals surface area contributed by atoms with E-state index in [4.69, 9.17) is 4.99 Å². The van der Waals surface area contributed by atoms with Crippen molar-refractivity contribution in [3.8, 4) is 11.1 Å². The largest absolute Gasteiger partial charge is 0.356 e. The predicted octanol–water partition coefficient (Wildman–Crippen LogP) is 7.45. The molecule has 0 aliphatic carbocycles. The second-order valence-corrected chi connectivity index (χ2v) is 8.64. The van der Waals surface area contributed by atoms with E-state index >= 15 is 0 Å². The average molecular weight is 457 g/mol. The first kappa shape index (κ1) is 22.2. The zero-order valence-corrected chi connectivity index (χ0v) is 19.2. The third-order valence-corrected chi connectivity index (χ3v) is 6.56. The highest BCUT2D eigenvalue weighted by molar-refractivity contribution is 8.13. The summed E-state index contributed by atoms with van der Waals surface area (Å²) in [5, 5.41) is 4.69. The molecule has 1 aliphatic rings. The van der Waals surface area contributed by atoms with Gasteiger partial charge in [-0.25, -0.2) is 0 Å². The molecule has 0 saturated heterocycles. The van der Waals surface area contributed by atoms with E-state index in [1.54, 1.807) is 11.8 Å². The van der Waals surface area contributed by atoms with Gasteiger partial charge in [-0.2, -0.15) is 0 Å². The molecule has 0 amide bonds. The highest BCUT2D eigenvalue weighted by atomic mass is 35.5. The number of amidine groups is 1. The van der Waals surface area contributed by atoms with Gasteiger partial charge in [-0.05, 0) is 27.8 Å². The van der Waals surface area contributed by atoms with Crippen LogP contribution in [0.1, 0.15) is 28.8 Å². The molecule has 160 valence electrons. The molecule has 4 heteroatoms. The molecule has 0 radical (unpaired) electrons. The van der Waals surface area contributed by atoms with Crippen molar-refractivity contribution in [2.24, 2.45) is 4.99 Å². The second-order valence-electron chi connectivity index (χ2n) is 7.67. The van der Waals surface area contributed by atoms with Crippen molar-refractivity contribution in [2.75, 3.05) is 0 Å². The summed E-state index contributed by atoms with van der Waals surface area (Å²) in [4.78, 5) is 5.06. The fourth-order valence-corrected chi connectivity index (χ4v) is 4.84. The Hall–Kier alpha value is -3.01. The molecule has 1 N–H and O–H groups in total. The lowest BCUT2D eigenvalue weighted by Crippen LogP contribution is -2.22. The average Bonchev–Trinajstić information content (AvgIpc) is 3.29. The number of halogens is 1. The lowest BCUT2D eigenvalue weighted by atomic mass is 9.95. The molecule has 0 bridgehead atoms. The summed E-state index contributed by atoms with van der Waals surface area (Å²) in [5.41, 5.74) is 6.31. The quantitative estimate of drug-likeness (QED) is 0.337. The number of aliphatic imine (C=N–C) groups is 1. The van der Waals surface area contributed by atoms with Gasteiger partial charge in [0.2, 0.25) is 0 Å².